The number of allylic oxidation sites excluding steroid dienone is 22. The number of rotatable bonds is 34. The normalized spacial score (nSPS) is 21.0. The average molecular weight is 899 g/mol. The fraction of sp³-hybridized carbons (Fsp3) is 0.520. The van der Waals surface area contributed by atoms with Gasteiger partial charge in [0.2, 0.25) is 0 Å². The van der Waals surface area contributed by atoms with E-state index in [1.54, 1.807) is 0 Å². The Morgan fingerprint density at radius 1 is 0.556 bits per heavy atom. The van der Waals surface area contributed by atoms with Gasteiger partial charge < -0.3 is 34.3 Å². The van der Waals surface area contributed by atoms with Gasteiger partial charge in [-0.05, 0) is 77.0 Å². The zero-order chi connectivity index (χ0) is 46.2. The number of esters is 2. The minimum absolute atomic E-state index is 0.0507. The second-order valence-corrected chi connectivity index (χ2v) is 16.2. The molecule has 0 radical (unpaired) electrons. The van der Waals surface area contributed by atoms with Crippen molar-refractivity contribution >= 4 is 22.1 Å². The summed E-state index contributed by atoms with van der Waals surface area (Å²) < 4.78 is 53.9. The molecule has 13 heteroatoms. The number of unbranched alkanes of at least 4 members (excludes halogenated alkanes) is 4. The largest absolute Gasteiger partial charge is 0.462 e. The molecule has 1 aliphatic rings. The van der Waals surface area contributed by atoms with Crippen LogP contribution in [0.1, 0.15) is 110 Å². The van der Waals surface area contributed by atoms with E-state index < -0.39 is 71.2 Å². The van der Waals surface area contributed by atoms with Crippen LogP contribution in [0.5, 0.6) is 0 Å². The molecule has 1 saturated heterocycles. The lowest BCUT2D eigenvalue weighted by Gasteiger charge is -2.40. The molecule has 6 atom stereocenters. The van der Waals surface area contributed by atoms with E-state index in [2.05, 4.69) is 92.8 Å². The first-order valence-electron chi connectivity index (χ1n) is 22.3. The molecular weight excluding hydrogens is 825 g/mol. The van der Waals surface area contributed by atoms with Gasteiger partial charge in [-0.1, -0.05) is 154 Å². The van der Waals surface area contributed by atoms with Crippen molar-refractivity contribution in [3.8, 4) is 0 Å². The second kappa shape index (κ2) is 38.3. The van der Waals surface area contributed by atoms with Gasteiger partial charge in [0.05, 0.1) is 6.61 Å². The maximum absolute atomic E-state index is 12.8. The lowest BCUT2D eigenvalue weighted by Crippen LogP contribution is -2.60. The van der Waals surface area contributed by atoms with E-state index >= 15 is 0 Å². The van der Waals surface area contributed by atoms with Gasteiger partial charge in [-0.25, -0.2) is 0 Å². The molecule has 1 aliphatic heterocycles. The highest BCUT2D eigenvalue weighted by atomic mass is 32.2. The molecule has 0 spiro atoms. The summed E-state index contributed by atoms with van der Waals surface area (Å²) in [5, 5.41) is 30.9. The Labute approximate surface area is 377 Å². The van der Waals surface area contributed by atoms with E-state index in [0.717, 1.165) is 64.2 Å². The van der Waals surface area contributed by atoms with Gasteiger partial charge in [0.25, 0.3) is 10.1 Å². The minimum atomic E-state index is -4.62. The first kappa shape index (κ1) is 56.8. The third-order valence-electron chi connectivity index (χ3n) is 9.10. The van der Waals surface area contributed by atoms with Gasteiger partial charge in [-0.2, -0.15) is 8.42 Å². The van der Waals surface area contributed by atoms with Gasteiger partial charge in [-0.15, -0.1) is 0 Å². The van der Waals surface area contributed by atoms with Crippen LogP contribution in [0.2, 0.25) is 0 Å². The summed E-state index contributed by atoms with van der Waals surface area (Å²) >= 11 is 0. The first-order valence-corrected chi connectivity index (χ1v) is 23.9. The molecule has 0 aromatic rings. The molecule has 1 heterocycles. The monoisotopic (exact) mass is 898 g/mol. The number of ether oxygens (including phenoxy) is 4. The molecule has 1 fully saturated rings. The molecule has 3 unspecified atom stereocenters. The Hall–Kier alpha value is -4.21. The summed E-state index contributed by atoms with van der Waals surface area (Å²) in [6, 6.07) is 0. The van der Waals surface area contributed by atoms with E-state index in [1.807, 2.05) is 54.7 Å². The second-order valence-electron chi connectivity index (χ2n) is 14.7. The number of carbonyl (C=O) groups excluding carboxylic acids is 2. The fourth-order valence-corrected chi connectivity index (χ4v) is 6.40. The standard InChI is InChI=1S/C50H74O12S/c1-3-5-7-9-11-13-15-17-18-19-20-21-22-23-24-25-27-28-30-32-34-36-38-45(51)59-40-43(41-60-50-49(55)48(54)47(53)44(62-50)42-63(56,57)58)61-46(52)39-37-35-33-31-29-26-16-14-12-10-8-6-4-2/h5-8,10-14,16-18,20-21,23-24,26-29,31,33,43-44,47-50,53-55H,3-4,9,15,19,22,25,30,32,34-42H2,1-2H3,(H,56,57,58)/b7-5+,8-6+,12-10+,13-11+,16-14+,18-17+,21-20+,24-23+,28-27+,29-26+,33-31+/t43?,44-,47-,48?,49?,50+/m1/s1. The van der Waals surface area contributed by atoms with Crippen molar-refractivity contribution in [3.05, 3.63) is 134 Å². The molecule has 0 aliphatic carbocycles. The average Bonchev–Trinajstić information content (AvgIpc) is 3.25. The van der Waals surface area contributed by atoms with Gasteiger partial charge >= 0.3 is 11.9 Å². The van der Waals surface area contributed by atoms with Crippen LogP contribution in [-0.4, -0.2) is 96.0 Å². The first-order chi connectivity index (χ1) is 30.5. The lowest BCUT2D eigenvalue weighted by atomic mass is 10.00. The Morgan fingerprint density at radius 2 is 1.05 bits per heavy atom. The molecule has 352 valence electrons. The maximum atomic E-state index is 12.8. The Morgan fingerprint density at radius 3 is 1.60 bits per heavy atom. The summed E-state index contributed by atoms with van der Waals surface area (Å²) in [5.74, 6) is -2.15. The van der Waals surface area contributed by atoms with Crippen LogP contribution in [0, 0.1) is 0 Å². The zero-order valence-corrected chi connectivity index (χ0v) is 38.2. The number of aliphatic hydroxyl groups excluding tert-OH is 3. The highest BCUT2D eigenvalue weighted by molar-refractivity contribution is 7.85. The van der Waals surface area contributed by atoms with Crippen LogP contribution in [0.15, 0.2) is 134 Å². The molecule has 12 nitrogen and oxygen atoms in total. The maximum Gasteiger partial charge on any atom is 0.306 e. The SMILES string of the molecule is CC/C=C/C=C/C=C/C=C/C=C/CCCC(=O)OC(COC(=O)CCCCC/C=C/C/C=C/C/C=C/C/C=C/C/C=C/C/C=C/CC)CO[C@H]1O[C@H](CS(=O)(=O)O)[C@@H](O)C(O)C1O. The van der Waals surface area contributed by atoms with Crippen molar-refractivity contribution in [2.45, 2.75) is 147 Å². The van der Waals surface area contributed by atoms with E-state index in [-0.39, 0.29) is 19.4 Å². The molecule has 0 saturated carbocycles. The Bertz CT molecular complexity index is 1660. The zero-order valence-electron chi connectivity index (χ0n) is 37.4. The quantitative estimate of drug-likeness (QED) is 0.0158. The lowest BCUT2D eigenvalue weighted by molar-refractivity contribution is -0.297. The molecule has 0 aromatic heterocycles. The van der Waals surface area contributed by atoms with Crippen molar-refractivity contribution in [2.75, 3.05) is 19.0 Å². The predicted molar refractivity (Wildman–Crippen MR) is 251 cm³/mol. The number of aliphatic hydroxyl groups is 3. The smallest absolute Gasteiger partial charge is 0.306 e. The van der Waals surface area contributed by atoms with Crippen LogP contribution in [-0.2, 0) is 38.7 Å². The number of carbonyl (C=O) groups is 2. The molecule has 4 N–H and O–H groups in total. The Balaban J connectivity index is 2.50. The van der Waals surface area contributed by atoms with Crippen LogP contribution in [0.3, 0.4) is 0 Å². The third-order valence-corrected chi connectivity index (χ3v) is 9.85. The van der Waals surface area contributed by atoms with Gasteiger partial charge in [0, 0.05) is 12.8 Å². The van der Waals surface area contributed by atoms with Crippen LogP contribution >= 0.6 is 0 Å². The van der Waals surface area contributed by atoms with Crippen LogP contribution < -0.4 is 0 Å². The van der Waals surface area contributed by atoms with Crippen LogP contribution in [0.4, 0.5) is 0 Å². The topological polar surface area (TPSA) is 186 Å². The fourth-order valence-electron chi connectivity index (χ4n) is 5.71. The summed E-state index contributed by atoms with van der Waals surface area (Å²) in [6.07, 6.45) is 46.5. The van der Waals surface area contributed by atoms with Crippen molar-refractivity contribution in [1.82, 2.24) is 0 Å². The van der Waals surface area contributed by atoms with Gasteiger partial charge in [0.15, 0.2) is 12.4 Å². The van der Waals surface area contributed by atoms with Crippen molar-refractivity contribution in [1.29, 1.82) is 0 Å². The number of hydrogen-bond donors (Lipinski definition) is 4. The summed E-state index contributed by atoms with van der Waals surface area (Å²) in [4.78, 5) is 25.4. The summed E-state index contributed by atoms with van der Waals surface area (Å²) in [7, 11) is -4.62. The Kier molecular flexibility index (Phi) is 34.5. The molecular formula is C50H74O12S. The number of hydrogen-bond acceptors (Lipinski definition) is 11. The van der Waals surface area contributed by atoms with E-state index in [0.29, 0.717) is 19.3 Å². The van der Waals surface area contributed by atoms with Crippen molar-refractivity contribution in [3.63, 3.8) is 0 Å². The summed E-state index contributed by atoms with van der Waals surface area (Å²) in [5.41, 5.74) is 0. The van der Waals surface area contributed by atoms with Crippen molar-refractivity contribution < 1.29 is 56.8 Å². The predicted octanol–water partition coefficient (Wildman–Crippen LogP) is 9.16. The highest BCUT2D eigenvalue weighted by Crippen LogP contribution is 2.23. The minimum Gasteiger partial charge on any atom is -0.462 e. The molecule has 1 rings (SSSR count). The van der Waals surface area contributed by atoms with E-state index in [1.165, 1.54) is 0 Å². The molecule has 0 aromatic carbocycles. The summed E-state index contributed by atoms with van der Waals surface area (Å²) in [6.45, 7) is 3.38. The molecule has 0 amide bonds. The third kappa shape index (κ3) is 33.0. The highest BCUT2D eigenvalue weighted by Gasteiger charge is 2.46. The van der Waals surface area contributed by atoms with E-state index in [9.17, 15) is 37.9 Å². The molecule has 63 heavy (non-hydrogen) atoms. The van der Waals surface area contributed by atoms with Gasteiger partial charge in [0.1, 0.15) is 36.8 Å². The molecule has 0 bridgehead atoms. The van der Waals surface area contributed by atoms with Gasteiger partial charge in [-0.3, -0.25) is 14.1 Å². The van der Waals surface area contributed by atoms with Crippen molar-refractivity contribution in [2.24, 2.45) is 0 Å². The van der Waals surface area contributed by atoms with E-state index in [4.69, 9.17) is 18.9 Å². The van der Waals surface area contributed by atoms with Crippen LogP contribution in [0.25, 0.3) is 0 Å².